The van der Waals surface area contributed by atoms with Gasteiger partial charge in [0.25, 0.3) is 10.0 Å². The number of rotatable bonds is 9. The lowest BCUT2D eigenvalue weighted by molar-refractivity contribution is 0.194. The lowest BCUT2D eigenvalue weighted by Crippen LogP contribution is -2.17. The van der Waals surface area contributed by atoms with Gasteiger partial charge in [-0.25, -0.2) is 17.8 Å². The number of anilines is 1. The van der Waals surface area contributed by atoms with Crippen molar-refractivity contribution < 1.29 is 31.5 Å². The summed E-state index contributed by atoms with van der Waals surface area (Å²) in [5.41, 5.74) is 1.12. The quantitative estimate of drug-likeness (QED) is 0.344. The average Bonchev–Trinajstić information content (AvgIpc) is 3.48. The van der Waals surface area contributed by atoms with E-state index in [4.69, 9.17) is 18.7 Å². The molecule has 3 heterocycles. The number of hydrogen-bond donors (Lipinski definition) is 1. The highest BCUT2D eigenvalue weighted by Gasteiger charge is 2.30. The van der Waals surface area contributed by atoms with Crippen molar-refractivity contribution in [1.29, 1.82) is 0 Å². The minimum atomic E-state index is -4.37. The molecule has 1 N–H and O–H groups in total. The van der Waals surface area contributed by atoms with E-state index >= 15 is 0 Å². The molecule has 1 aromatic carbocycles. The number of fused-ring (bicyclic) bond motifs is 1. The Kier molecular flexibility index (Phi) is 6.74. The average molecular weight is 501 g/mol. The van der Waals surface area contributed by atoms with Crippen LogP contribution in [-0.4, -0.2) is 49.4 Å². The third kappa shape index (κ3) is 4.82. The number of nitrogens with one attached hydrogen (secondary N) is 1. The Morgan fingerprint density at radius 2 is 2.03 bits per heavy atom. The summed E-state index contributed by atoms with van der Waals surface area (Å²) in [4.78, 5) is 3.75. The number of aromatic nitrogens is 4. The van der Waals surface area contributed by atoms with E-state index in [2.05, 4.69) is 31.8 Å². The molecular weight excluding hydrogens is 481 g/mol. The van der Waals surface area contributed by atoms with E-state index in [1.165, 1.54) is 20.3 Å². The van der Waals surface area contributed by atoms with Crippen LogP contribution in [0.1, 0.15) is 18.2 Å². The van der Waals surface area contributed by atoms with Gasteiger partial charge in [-0.3, -0.25) is 9.40 Å². The second-order valence-electron chi connectivity index (χ2n) is 6.98. The predicted octanol–water partition coefficient (Wildman–Crippen LogP) is 2.96. The van der Waals surface area contributed by atoms with Crippen molar-refractivity contribution in [1.82, 2.24) is 19.9 Å². The van der Waals surface area contributed by atoms with E-state index in [9.17, 15) is 12.8 Å². The zero-order valence-corrected chi connectivity index (χ0v) is 19.7. The first-order valence-electron chi connectivity index (χ1n) is 10.1. The van der Waals surface area contributed by atoms with Gasteiger partial charge >= 0.3 is 0 Å². The smallest absolute Gasteiger partial charge is 0.272 e. The maximum atomic E-state index is 13.4. The van der Waals surface area contributed by atoms with Crippen LogP contribution >= 0.6 is 0 Å². The van der Waals surface area contributed by atoms with Crippen LogP contribution in [0, 0.1) is 11.8 Å². The lowest BCUT2D eigenvalue weighted by Gasteiger charge is -2.14. The monoisotopic (exact) mass is 501 g/mol. The highest BCUT2D eigenvalue weighted by Crippen LogP contribution is 2.38. The van der Waals surface area contributed by atoms with Gasteiger partial charge in [0.1, 0.15) is 22.6 Å². The first-order valence-corrected chi connectivity index (χ1v) is 11.6. The zero-order valence-electron chi connectivity index (χ0n) is 18.9. The standard InChI is InChI=1S/C22H20FN5O6S/c1-4-6-15-11-18(31-2)20(22(25-15)32-3)35(29,30)27-21-19-16(33-13-23)9-14(10-17(19)34-26-21)12-28-8-5-7-24-28/h5,7-11H,12-13H2,1-3H3,(H,26,27). The maximum Gasteiger partial charge on any atom is 0.272 e. The van der Waals surface area contributed by atoms with Crippen LogP contribution in [-0.2, 0) is 16.6 Å². The number of benzene rings is 1. The summed E-state index contributed by atoms with van der Waals surface area (Å²) in [7, 11) is -1.80. The Bertz CT molecular complexity index is 1500. The van der Waals surface area contributed by atoms with Crippen molar-refractivity contribution in [3.05, 3.63) is 47.9 Å². The summed E-state index contributed by atoms with van der Waals surface area (Å²) in [6.45, 7) is 0.809. The van der Waals surface area contributed by atoms with E-state index in [0.29, 0.717) is 12.1 Å². The van der Waals surface area contributed by atoms with Crippen LogP contribution < -0.4 is 18.9 Å². The molecular formula is C22H20FN5O6S. The van der Waals surface area contributed by atoms with Gasteiger partial charge in [-0.2, -0.15) is 5.10 Å². The number of nitrogens with zero attached hydrogens (tertiary/aromatic N) is 4. The topological polar surface area (TPSA) is 131 Å². The highest BCUT2D eigenvalue weighted by atomic mass is 32.2. The summed E-state index contributed by atoms with van der Waals surface area (Å²) in [5.74, 6) is 4.95. The zero-order chi connectivity index (χ0) is 25.0. The molecule has 11 nitrogen and oxygen atoms in total. The molecule has 0 atom stereocenters. The van der Waals surface area contributed by atoms with Crippen LogP contribution in [0.15, 0.2) is 46.1 Å². The fourth-order valence-corrected chi connectivity index (χ4v) is 4.66. The van der Waals surface area contributed by atoms with Crippen LogP contribution in [0.4, 0.5) is 10.2 Å². The van der Waals surface area contributed by atoms with Crippen LogP contribution in [0.3, 0.4) is 0 Å². The van der Waals surface area contributed by atoms with E-state index in [1.807, 2.05) is 0 Å². The van der Waals surface area contributed by atoms with E-state index in [0.717, 1.165) is 0 Å². The number of pyridine rings is 1. The number of halogens is 1. The van der Waals surface area contributed by atoms with Crippen molar-refractivity contribution in [2.24, 2.45) is 0 Å². The van der Waals surface area contributed by atoms with Gasteiger partial charge in [0.15, 0.2) is 16.3 Å². The second kappa shape index (κ2) is 9.90. The first kappa shape index (κ1) is 23.8. The largest absolute Gasteiger partial charge is 0.495 e. The minimum Gasteiger partial charge on any atom is -0.495 e. The maximum absolute atomic E-state index is 13.4. The first-order chi connectivity index (χ1) is 16.9. The second-order valence-corrected chi connectivity index (χ2v) is 8.60. The molecule has 35 heavy (non-hydrogen) atoms. The lowest BCUT2D eigenvalue weighted by atomic mass is 10.1. The molecule has 0 amide bonds. The molecule has 3 aromatic heterocycles. The highest BCUT2D eigenvalue weighted by molar-refractivity contribution is 7.93. The third-order valence-electron chi connectivity index (χ3n) is 4.79. The van der Waals surface area contributed by atoms with Crippen LogP contribution in [0.25, 0.3) is 11.0 Å². The SMILES string of the molecule is CC#Cc1cc(OC)c(S(=O)(=O)Nc2noc3cc(Cn4cccn4)cc(OCF)c23)c(OC)n1. The molecule has 0 aliphatic carbocycles. The van der Waals surface area contributed by atoms with E-state index < -0.39 is 16.9 Å². The molecule has 0 bridgehead atoms. The van der Waals surface area contributed by atoms with Crippen molar-refractivity contribution >= 4 is 26.8 Å². The van der Waals surface area contributed by atoms with Crippen molar-refractivity contribution in [2.45, 2.75) is 18.4 Å². The molecule has 13 heteroatoms. The molecule has 0 aliphatic heterocycles. The van der Waals surface area contributed by atoms with Crippen molar-refractivity contribution in [3.63, 3.8) is 0 Å². The molecule has 0 spiro atoms. The number of hydrogen-bond acceptors (Lipinski definition) is 9. The third-order valence-corrected chi connectivity index (χ3v) is 6.16. The van der Waals surface area contributed by atoms with Gasteiger partial charge in [0.05, 0.1) is 20.8 Å². The van der Waals surface area contributed by atoms with Crippen molar-refractivity contribution in [2.75, 3.05) is 25.8 Å². The molecule has 4 rings (SSSR count). The Morgan fingerprint density at radius 1 is 1.20 bits per heavy atom. The molecule has 0 fully saturated rings. The summed E-state index contributed by atoms with van der Waals surface area (Å²) in [6, 6.07) is 6.32. The molecule has 0 saturated carbocycles. The van der Waals surface area contributed by atoms with Crippen LogP contribution in [0.5, 0.6) is 17.4 Å². The Balaban J connectivity index is 1.78. The summed E-state index contributed by atoms with van der Waals surface area (Å²) in [6.07, 6.45) is 3.38. The van der Waals surface area contributed by atoms with Gasteiger partial charge in [-0.05, 0) is 36.6 Å². The number of sulfonamides is 1. The van der Waals surface area contributed by atoms with Crippen LogP contribution in [0.2, 0.25) is 0 Å². The fraction of sp³-hybridized carbons (Fsp3) is 0.227. The molecule has 0 radical (unpaired) electrons. The summed E-state index contributed by atoms with van der Waals surface area (Å²) >= 11 is 0. The van der Waals surface area contributed by atoms with Crippen molar-refractivity contribution in [3.8, 4) is 29.2 Å². The van der Waals surface area contributed by atoms with Gasteiger partial charge in [-0.1, -0.05) is 11.1 Å². The number of ether oxygens (including phenoxy) is 3. The summed E-state index contributed by atoms with van der Waals surface area (Å²) < 4.78 is 64.8. The van der Waals surface area contributed by atoms with Gasteiger partial charge < -0.3 is 18.7 Å². The normalized spacial score (nSPS) is 11.1. The van der Waals surface area contributed by atoms with E-state index in [-0.39, 0.29) is 44.8 Å². The van der Waals surface area contributed by atoms with E-state index in [1.54, 1.807) is 42.2 Å². The predicted molar refractivity (Wildman–Crippen MR) is 123 cm³/mol. The van der Waals surface area contributed by atoms with Gasteiger partial charge in [-0.15, -0.1) is 0 Å². The fourth-order valence-electron chi connectivity index (χ4n) is 3.40. The Hall–Kier alpha value is -4.31. The Labute approximate surface area is 199 Å². The molecule has 0 unspecified atom stereocenters. The minimum absolute atomic E-state index is 0.0386. The molecule has 4 aromatic rings. The molecule has 182 valence electrons. The summed E-state index contributed by atoms with van der Waals surface area (Å²) in [5, 5.41) is 8.10. The Morgan fingerprint density at radius 3 is 2.69 bits per heavy atom. The van der Waals surface area contributed by atoms with Gasteiger partial charge in [0, 0.05) is 18.5 Å². The van der Waals surface area contributed by atoms with Gasteiger partial charge in [0.2, 0.25) is 12.7 Å². The molecule has 0 saturated heterocycles. The number of alkyl halides is 1. The molecule has 0 aliphatic rings. The number of methoxy groups -OCH3 is 2.